The van der Waals surface area contributed by atoms with Crippen LogP contribution in [0.25, 0.3) is 0 Å². The third kappa shape index (κ3) is 3.62. The lowest BCUT2D eigenvalue weighted by atomic mass is 10.1. The fraction of sp³-hybridized carbons (Fsp3) is 0.556. The van der Waals surface area contributed by atoms with Crippen molar-refractivity contribution in [3.63, 3.8) is 0 Å². The molecule has 134 valence electrons. The third-order valence-electron chi connectivity index (χ3n) is 5.12. The highest BCUT2D eigenvalue weighted by atomic mass is 16.3. The average Bonchev–Trinajstić information content (AvgIpc) is 3.27. The summed E-state index contributed by atoms with van der Waals surface area (Å²) < 4.78 is 5.70. The molecule has 4 N–H and O–H groups in total. The molecule has 1 fully saturated rings. The molecule has 0 saturated carbocycles. The molecular weight excluding hydrogens is 316 g/mol. The van der Waals surface area contributed by atoms with E-state index in [0.29, 0.717) is 5.95 Å². The van der Waals surface area contributed by atoms with Crippen LogP contribution in [-0.4, -0.2) is 47.6 Å². The zero-order valence-electron chi connectivity index (χ0n) is 14.5. The van der Waals surface area contributed by atoms with E-state index in [-0.39, 0.29) is 6.04 Å². The minimum Gasteiger partial charge on any atom is -0.468 e. The molecule has 7 heteroatoms. The Kier molecular flexibility index (Phi) is 4.85. The van der Waals surface area contributed by atoms with Crippen molar-refractivity contribution in [1.82, 2.24) is 20.2 Å². The number of fused-ring (bicyclic) bond motifs is 1. The van der Waals surface area contributed by atoms with E-state index in [1.807, 2.05) is 6.07 Å². The predicted octanol–water partition coefficient (Wildman–Crippen LogP) is 1.59. The first-order valence-electron chi connectivity index (χ1n) is 9.18. The van der Waals surface area contributed by atoms with E-state index in [1.54, 1.807) is 6.26 Å². The fourth-order valence-electron chi connectivity index (χ4n) is 3.85. The second-order valence-electron chi connectivity index (χ2n) is 6.76. The first-order valence-corrected chi connectivity index (χ1v) is 9.18. The number of hydrogen-bond acceptors (Lipinski definition) is 7. The summed E-state index contributed by atoms with van der Waals surface area (Å²) in [6.07, 6.45) is 6.06. The van der Waals surface area contributed by atoms with Crippen molar-refractivity contribution in [1.29, 1.82) is 0 Å². The third-order valence-corrected chi connectivity index (χ3v) is 5.12. The van der Waals surface area contributed by atoms with Crippen LogP contribution >= 0.6 is 0 Å². The highest BCUT2D eigenvalue weighted by Crippen LogP contribution is 2.27. The smallest absolute Gasteiger partial charge is 0.222 e. The molecule has 2 aliphatic heterocycles. The van der Waals surface area contributed by atoms with Crippen LogP contribution in [0.1, 0.15) is 35.9 Å². The number of rotatable bonds is 5. The van der Waals surface area contributed by atoms with Crippen LogP contribution < -0.4 is 16.4 Å². The summed E-state index contributed by atoms with van der Waals surface area (Å²) in [6.45, 7) is 4.86. The Morgan fingerprint density at radius 1 is 1.24 bits per heavy atom. The second kappa shape index (κ2) is 7.41. The summed E-state index contributed by atoms with van der Waals surface area (Å²) >= 11 is 0. The van der Waals surface area contributed by atoms with Gasteiger partial charge in [-0.15, -0.1) is 0 Å². The van der Waals surface area contributed by atoms with E-state index in [4.69, 9.17) is 10.2 Å². The number of furan rings is 1. The molecule has 1 saturated heterocycles. The first-order chi connectivity index (χ1) is 12.3. The van der Waals surface area contributed by atoms with Crippen LogP contribution in [0.15, 0.2) is 22.8 Å². The number of aromatic nitrogens is 2. The highest BCUT2D eigenvalue weighted by molar-refractivity contribution is 5.50. The molecule has 0 aliphatic carbocycles. The van der Waals surface area contributed by atoms with Crippen LogP contribution in [0.3, 0.4) is 0 Å². The summed E-state index contributed by atoms with van der Waals surface area (Å²) in [5, 5.41) is 6.96. The molecule has 0 bridgehead atoms. The van der Waals surface area contributed by atoms with Crippen molar-refractivity contribution >= 4 is 11.8 Å². The number of nitrogens with zero attached hydrogens (tertiary/aromatic N) is 3. The molecule has 0 radical (unpaired) electrons. The molecule has 0 spiro atoms. The van der Waals surface area contributed by atoms with E-state index in [9.17, 15) is 0 Å². The van der Waals surface area contributed by atoms with E-state index >= 15 is 0 Å². The van der Waals surface area contributed by atoms with Crippen molar-refractivity contribution in [3.05, 3.63) is 35.4 Å². The van der Waals surface area contributed by atoms with Gasteiger partial charge in [0.05, 0.1) is 18.0 Å². The highest BCUT2D eigenvalue weighted by Gasteiger charge is 2.26. The number of anilines is 2. The lowest BCUT2D eigenvalue weighted by molar-refractivity contribution is 0.225. The van der Waals surface area contributed by atoms with E-state index < -0.39 is 0 Å². The summed E-state index contributed by atoms with van der Waals surface area (Å²) in [7, 11) is 0. The number of hydrogen-bond donors (Lipinski definition) is 3. The Labute approximate surface area is 148 Å². The minimum absolute atomic E-state index is 0.216. The largest absolute Gasteiger partial charge is 0.468 e. The summed E-state index contributed by atoms with van der Waals surface area (Å²) in [5.41, 5.74) is 8.20. The Morgan fingerprint density at radius 2 is 2.08 bits per heavy atom. The minimum atomic E-state index is 0.216. The molecule has 4 rings (SSSR count). The monoisotopic (exact) mass is 342 g/mol. The van der Waals surface area contributed by atoms with Crippen molar-refractivity contribution in [3.8, 4) is 0 Å². The lowest BCUT2D eigenvalue weighted by Gasteiger charge is -2.26. The van der Waals surface area contributed by atoms with Gasteiger partial charge in [-0.25, -0.2) is 4.98 Å². The van der Waals surface area contributed by atoms with Gasteiger partial charge in [-0.05, 0) is 51.0 Å². The molecule has 7 nitrogen and oxygen atoms in total. The van der Waals surface area contributed by atoms with Crippen molar-refractivity contribution in [2.45, 2.75) is 31.7 Å². The van der Waals surface area contributed by atoms with Crippen LogP contribution in [0.2, 0.25) is 0 Å². The number of nitrogens with one attached hydrogen (secondary N) is 2. The maximum atomic E-state index is 5.95. The van der Waals surface area contributed by atoms with Gasteiger partial charge in [0.1, 0.15) is 11.6 Å². The first kappa shape index (κ1) is 16.4. The van der Waals surface area contributed by atoms with Gasteiger partial charge in [-0.1, -0.05) is 0 Å². The molecule has 1 atom stereocenters. The zero-order chi connectivity index (χ0) is 17.1. The Bertz CT molecular complexity index is 696. The van der Waals surface area contributed by atoms with Crippen molar-refractivity contribution < 1.29 is 4.42 Å². The molecule has 1 unspecified atom stereocenters. The Balaban J connectivity index is 1.55. The molecule has 0 aromatic carbocycles. The molecular formula is C18H26N6O. The van der Waals surface area contributed by atoms with Gasteiger partial charge in [-0.3, -0.25) is 4.90 Å². The molecule has 25 heavy (non-hydrogen) atoms. The van der Waals surface area contributed by atoms with Gasteiger partial charge in [0.25, 0.3) is 0 Å². The molecule has 2 aromatic heterocycles. The molecule has 2 aromatic rings. The predicted molar refractivity (Wildman–Crippen MR) is 97.5 cm³/mol. The standard InChI is InChI=1S/C18H26N6O/c19-18-22-14-6-8-20-7-5-13(14)17(23-18)21-12-15(16-4-3-11-25-16)24-9-1-2-10-24/h3-4,11,15,20H,1-2,5-10,12H2,(H3,19,21,22,23). The Hall–Kier alpha value is -2.12. The van der Waals surface area contributed by atoms with E-state index in [2.05, 4.69) is 31.6 Å². The second-order valence-corrected chi connectivity index (χ2v) is 6.76. The SMILES string of the molecule is Nc1nc2c(c(NCC(c3ccco3)N3CCCC3)n1)CCNCC2. The summed E-state index contributed by atoms with van der Waals surface area (Å²) in [4.78, 5) is 11.4. The Morgan fingerprint density at radius 3 is 2.88 bits per heavy atom. The maximum absolute atomic E-state index is 5.95. The van der Waals surface area contributed by atoms with Gasteiger partial charge in [-0.2, -0.15) is 4.98 Å². The summed E-state index contributed by atoms with van der Waals surface area (Å²) in [5.74, 6) is 2.23. The van der Waals surface area contributed by atoms with E-state index in [1.165, 1.54) is 18.4 Å². The lowest BCUT2D eigenvalue weighted by Crippen LogP contribution is -2.31. The van der Waals surface area contributed by atoms with Crippen LogP contribution in [-0.2, 0) is 12.8 Å². The normalized spacial score (nSPS) is 19.4. The number of nitrogen functional groups attached to an aromatic ring is 1. The van der Waals surface area contributed by atoms with Crippen LogP contribution in [0.5, 0.6) is 0 Å². The topological polar surface area (TPSA) is 92.2 Å². The van der Waals surface area contributed by atoms with Crippen LogP contribution in [0.4, 0.5) is 11.8 Å². The van der Waals surface area contributed by atoms with Crippen molar-refractivity contribution in [2.24, 2.45) is 0 Å². The molecule has 2 aliphatic rings. The van der Waals surface area contributed by atoms with Gasteiger partial charge in [0, 0.05) is 25.1 Å². The molecule has 0 amide bonds. The quantitative estimate of drug-likeness (QED) is 0.760. The average molecular weight is 342 g/mol. The van der Waals surface area contributed by atoms with Gasteiger partial charge >= 0.3 is 0 Å². The fourth-order valence-corrected chi connectivity index (χ4v) is 3.85. The zero-order valence-corrected chi connectivity index (χ0v) is 14.5. The van der Waals surface area contributed by atoms with Gasteiger partial charge < -0.3 is 20.8 Å². The maximum Gasteiger partial charge on any atom is 0.222 e. The number of nitrogens with two attached hydrogens (primary N) is 1. The molecule has 4 heterocycles. The van der Waals surface area contributed by atoms with Gasteiger partial charge in [0.2, 0.25) is 5.95 Å². The van der Waals surface area contributed by atoms with E-state index in [0.717, 1.165) is 62.8 Å². The van der Waals surface area contributed by atoms with Crippen molar-refractivity contribution in [2.75, 3.05) is 43.8 Å². The summed E-state index contributed by atoms with van der Waals surface area (Å²) in [6, 6.07) is 4.23. The number of likely N-dealkylation sites (tertiary alicyclic amines) is 1. The van der Waals surface area contributed by atoms with Gasteiger partial charge in [0.15, 0.2) is 0 Å². The van der Waals surface area contributed by atoms with Crippen LogP contribution in [0, 0.1) is 0 Å².